The lowest BCUT2D eigenvalue weighted by molar-refractivity contribution is 0.301. The van der Waals surface area contributed by atoms with Crippen molar-refractivity contribution in [3.63, 3.8) is 0 Å². The summed E-state index contributed by atoms with van der Waals surface area (Å²) >= 11 is 11.8. The summed E-state index contributed by atoms with van der Waals surface area (Å²) in [7, 11) is 0. The number of ether oxygens (including phenoxy) is 1. The van der Waals surface area contributed by atoms with Gasteiger partial charge in [0.1, 0.15) is 18.2 Å². The molecule has 0 fully saturated rings. The molecule has 0 heterocycles. The quantitative estimate of drug-likeness (QED) is 0.885. The highest BCUT2D eigenvalue weighted by Crippen LogP contribution is 2.27. The average Bonchev–Trinajstić information content (AvgIpc) is 2.41. The number of rotatable bonds is 4. The Hall–Kier alpha value is -1.29. The molecular weight excluding hydrogens is 300 g/mol. The second-order valence-electron chi connectivity index (χ2n) is 4.51. The number of nitrogens with two attached hydrogens (primary N) is 1. The molecule has 2 rings (SSSR count). The summed E-state index contributed by atoms with van der Waals surface area (Å²) in [6.45, 7) is 2.09. The zero-order valence-corrected chi connectivity index (χ0v) is 12.4. The van der Waals surface area contributed by atoms with Gasteiger partial charge in [0.2, 0.25) is 0 Å². The van der Waals surface area contributed by atoms with Gasteiger partial charge in [-0.05, 0) is 42.8 Å². The highest BCUT2D eigenvalue weighted by Gasteiger charge is 2.10. The second-order valence-corrected chi connectivity index (χ2v) is 5.32. The van der Waals surface area contributed by atoms with Crippen molar-refractivity contribution in [3.8, 4) is 5.75 Å². The minimum absolute atomic E-state index is 0.308. The molecule has 106 valence electrons. The fourth-order valence-corrected chi connectivity index (χ4v) is 2.12. The lowest BCUT2D eigenvalue weighted by Gasteiger charge is -2.14. The normalized spacial score (nSPS) is 12.2. The molecule has 2 N–H and O–H groups in total. The predicted molar refractivity (Wildman–Crippen MR) is 79.8 cm³/mol. The van der Waals surface area contributed by atoms with Crippen molar-refractivity contribution in [3.05, 3.63) is 63.4 Å². The van der Waals surface area contributed by atoms with E-state index in [1.165, 1.54) is 12.1 Å². The summed E-state index contributed by atoms with van der Waals surface area (Å²) in [6, 6.07) is 9.26. The van der Waals surface area contributed by atoms with Crippen LogP contribution in [-0.4, -0.2) is 0 Å². The van der Waals surface area contributed by atoms with Crippen LogP contribution in [0.15, 0.2) is 36.4 Å². The molecule has 0 aromatic heterocycles. The van der Waals surface area contributed by atoms with Crippen molar-refractivity contribution in [2.24, 2.45) is 5.73 Å². The van der Waals surface area contributed by atoms with Crippen LogP contribution in [0.1, 0.15) is 24.1 Å². The van der Waals surface area contributed by atoms with Crippen LogP contribution in [0.3, 0.4) is 0 Å². The minimum Gasteiger partial charge on any atom is -0.489 e. The van der Waals surface area contributed by atoms with Crippen LogP contribution in [0, 0.1) is 5.82 Å². The van der Waals surface area contributed by atoms with Gasteiger partial charge in [-0.3, -0.25) is 0 Å². The van der Waals surface area contributed by atoms with E-state index >= 15 is 0 Å². The summed E-state index contributed by atoms with van der Waals surface area (Å²) in [5, 5.41) is 0.966. The Balaban J connectivity index is 2.16. The molecule has 2 aromatic carbocycles. The summed E-state index contributed by atoms with van der Waals surface area (Å²) in [5.41, 5.74) is 7.32. The van der Waals surface area contributed by atoms with Gasteiger partial charge in [0.05, 0.1) is 10.0 Å². The first-order valence-corrected chi connectivity index (χ1v) is 6.84. The molecule has 0 unspecified atom stereocenters. The van der Waals surface area contributed by atoms with Crippen LogP contribution in [0.25, 0.3) is 0 Å². The van der Waals surface area contributed by atoms with E-state index < -0.39 is 0 Å². The third kappa shape index (κ3) is 3.63. The van der Waals surface area contributed by atoms with E-state index in [1.807, 2.05) is 6.07 Å². The topological polar surface area (TPSA) is 35.2 Å². The second kappa shape index (κ2) is 6.44. The van der Waals surface area contributed by atoms with Crippen LogP contribution in [0.5, 0.6) is 5.75 Å². The Morgan fingerprint density at radius 2 is 1.90 bits per heavy atom. The molecule has 0 bridgehead atoms. The van der Waals surface area contributed by atoms with Crippen LogP contribution in [-0.2, 0) is 6.61 Å². The molecular formula is C15H14Cl2FNO. The van der Waals surface area contributed by atoms with Crippen molar-refractivity contribution >= 4 is 23.2 Å². The van der Waals surface area contributed by atoms with Crippen LogP contribution in [0.4, 0.5) is 4.39 Å². The van der Waals surface area contributed by atoms with E-state index in [0.29, 0.717) is 28.0 Å². The lowest BCUT2D eigenvalue weighted by atomic mass is 10.1. The van der Waals surface area contributed by atoms with Gasteiger partial charge in [0.15, 0.2) is 0 Å². The molecule has 2 aromatic rings. The van der Waals surface area contributed by atoms with Gasteiger partial charge in [0, 0.05) is 11.6 Å². The molecule has 0 saturated heterocycles. The van der Waals surface area contributed by atoms with Crippen LogP contribution < -0.4 is 10.5 Å². The molecule has 0 aliphatic heterocycles. The van der Waals surface area contributed by atoms with Crippen molar-refractivity contribution in [1.29, 1.82) is 0 Å². The lowest BCUT2D eigenvalue weighted by Crippen LogP contribution is -2.08. The Morgan fingerprint density at radius 3 is 2.55 bits per heavy atom. The summed E-state index contributed by atoms with van der Waals surface area (Å²) < 4.78 is 18.9. The third-order valence-corrected chi connectivity index (χ3v) is 3.58. The highest BCUT2D eigenvalue weighted by atomic mass is 35.5. The maximum atomic E-state index is 13.2. The van der Waals surface area contributed by atoms with E-state index in [0.717, 1.165) is 5.56 Å². The third-order valence-electron chi connectivity index (χ3n) is 2.84. The number of hydrogen-bond acceptors (Lipinski definition) is 2. The molecule has 0 amide bonds. The maximum Gasteiger partial charge on any atom is 0.124 e. The van der Waals surface area contributed by atoms with Crippen LogP contribution in [0.2, 0.25) is 10.0 Å². The monoisotopic (exact) mass is 313 g/mol. The SMILES string of the molecule is C[C@@H](N)c1cc(F)ccc1OCc1ccc(Cl)c(Cl)c1. The van der Waals surface area contributed by atoms with E-state index in [1.54, 1.807) is 25.1 Å². The summed E-state index contributed by atoms with van der Waals surface area (Å²) in [6.07, 6.45) is 0. The zero-order valence-electron chi connectivity index (χ0n) is 10.9. The Bertz CT molecular complexity index is 617. The molecule has 20 heavy (non-hydrogen) atoms. The minimum atomic E-state index is -0.334. The zero-order chi connectivity index (χ0) is 14.7. The van der Waals surface area contributed by atoms with Crippen molar-refractivity contribution in [1.82, 2.24) is 0 Å². The predicted octanol–water partition coefficient (Wildman–Crippen LogP) is 4.73. The van der Waals surface area contributed by atoms with Crippen molar-refractivity contribution < 1.29 is 9.13 Å². The first-order chi connectivity index (χ1) is 9.47. The highest BCUT2D eigenvalue weighted by molar-refractivity contribution is 6.42. The number of halogens is 3. The van der Waals surface area contributed by atoms with E-state index in [-0.39, 0.29) is 11.9 Å². The molecule has 0 aliphatic rings. The largest absolute Gasteiger partial charge is 0.489 e. The molecule has 1 atom stereocenters. The molecule has 0 spiro atoms. The first kappa shape index (κ1) is 15.1. The Labute approximate surface area is 127 Å². The van der Waals surface area contributed by atoms with Gasteiger partial charge in [-0.15, -0.1) is 0 Å². The Kier molecular flexibility index (Phi) is 4.86. The van der Waals surface area contributed by atoms with Gasteiger partial charge >= 0.3 is 0 Å². The van der Waals surface area contributed by atoms with Crippen LogP contribution >= 0.6 is 23.2 Å². The fraction of sp³-hybridized carbons (Fsp3) is 0.200. The fourth-order valence-electron chi connectivity index (χ4n) is 1.80. The van der Waals surface area contributed by atoms with Gasteiger partial charge in [-0.1, -0.05) is 29.3 Å². The average molecular weight is 314 g/mol. The van der Waals surface area contributed by atoms with Gasteiger partial charge in [-0.25, -0.2) is 4.39 Å². The van der Waals surface area contributed by atoms with E-state index in [4.69, 9.17) is 33.7 Å². The molecule has 2 nitrogen and oxygen atoms in total. The van der Waals surface area contributed by atoms with Gasteiger partial charge in [-0.2, -0.15) is 0 Å². The molecule has 0 saturated carbocycles. The standard InChI is InChI=1S/C15H14Cl2FNO/c1-9(19)12-7-11(18)3-5-15(12)20-8-10-2-4-13(16)14(17)6-10/h2-7,9H,8,19H2,1H3/t9-/m1/s1. The number of hydrogen-bond donors (Lipinski definition) is 1. The van der Waals surface area contributed by atoms with Gasteiger partial charge < -0.3 is 10.5 Å². The van der Waals surface area contributed by atoms with Gasteiger partial charge in [0.25, 0.3) is 0 Å². The number of benzene rings is 2. The maximum absolute atomic E-state index is 13.2. The first-order valence-electron chi connectivity index (χ1n) is 6.09. The Morgan fingerprint density at radius 1 is 1.15 bits per heavy atom. The molecule has 5 heteroatoms. The molecule has 0 radical (unpaired) electrons. The van der Waals surface area contributed by atoms with Crippen molar-refractivity contribution in [2.45, 2.75) is 19.6 Å². The molecule has 0 aliphatic carbocycles. The summed E-state index contributed by atoms with van der Waals surface area (Å²) in [5.74, 6) is 0.228. The van der Waals surface area contributed by atoms with Crippen molar-refractivity contribution in [2.75, 3.05) is 0 Å². The van der Waals surface area contributed by atoms with E-state index in [9.17, 15) is 4.39 Å². The summed E-state index contributed by atoms with van der Waals surface area (Å²) in [4.78, 5) is 0. The van der Waals surface area contributed by atoms with E-state index in [2.05, 4.69) is 0 Å². The smallest absolute Gasteiger partial charge is 0.124 e.